The van der Waals surface area contributed by atoms with Gasteiger partial charge in [0.05, 0.1) is 11.0 Å². The van der Waals surface area contributed by atoms with Crippen LogP contribution in [0, 0.1) is 0 Å². The molecule has 0 radical (unpaired) electrons. The van der Waals surface area contributed by atoms with Crippen LogP contribution < -0.4 is 5.73 Å². The molecule has 0 unspecified atom stereocenters. The normalized spacial score (nSPS) is 14.0. The molecule has 1 aromatic heterocycles. The van der Waals surface area contributed by atoms with Crippen LogP contribution in [0.5, 0.6) is 0 Å². The summed E-state index contributed by atoms with van der Waals surface area (Å²) >= 11 is 0. The van der Waals surface area contributed by atoms with Gasteiger partial charge in [0.2, 0.25) is 5.89 Å². The zero-order chi connectivity index (χ0) is 15.3. The molecule has 110 valence electrons. The summed E-state index contributed by atoms with van der Waals surface area (Å²) in [5.74, 6) is 0.333. The van der Waals surface area contributed by atoms with Crippen molar-refractivity contribution >= 4 is 11.1 Å². The third-order valence-electron chi connectivity index (χ3n) is 3.86. The van der Waals surface area contributed by atoms with Crippen molar-refractivity contribution in [3.8, 4) is 0 Å². The standard InChI is InChI=1S/C14H17F3N2O/c1-12(2,13(3,4)18)11-19-9-7-8(14(15,16)17)5-6-10(9)20-11/h5-7H,18H2,1-4H3. The van der Waals surface area contributed by atoms with Gasteiger partial charge in [-0.25, -0.2) is 4.98 Å². The molecule has 0 atom stereocenters. The number of nitrogens with two attached hydrogens (primary N) is 1. The first-order valence-electron chi connectivity index (χ1n) is 6.20. The Kier molecular flexibility index (Phi) is 3.13. The van der Waals surface area contributed by atoms with Crippen LogP contribution in [0.3, 0.4) is 0 Å². The number of fused-ring (bicyclic) bond motifs is 1. The van der Waals surface area contributed by atoms with Gasteiger partial charge in [0.15, 0.2) is 5.58 Å². The molecule has 3 nitrogen and oxygen atoms in total. The Morgan fingerprint density at radius 1 is 1.10 bits per heavy atom. The van der Waals surface area contributed by atoms with E-state index in [2.05, 4.69) is 4.98 Å². The summed E-state index contributed by atoms with van der Waals surface area (Å²) in [6, 6.07) is 3.26. The van der Waals surface area contributed by atoms with Crippen LogP contribution in [0.25, 0.3) is 11.1 Å². The molecule has 0 fully saturated rings. The van der Waals surface area contributed by atoms with Gasteiger partial charge < -0.3 is 10.2 Å². The fraction of sp³-hybridized carbons (Fsp3) is 0.500. The minimum atomic E-state index is -4.39. The predicted octanol–water partition coefficient (Wildman–Crippen LogP) is 3.86. The molecule has 2 aromatic rings. The second-order valence-electron chi connectivity index (χ2n) is 6.05. The van der Waals surface area contributed by atoms with Crippen LogP contribution in [0.4, 0.5) is 13.2 Å². The number of halogens is 3. The van der Waals surface area contributed by atoms with Crippen LogP contribution in [-0.4, -0.2) is 10.5 Å². The first kappa shape index (κ1) is 14.8. The monoisotopic (exact) mass is 286 g/mol. The maximum Gasteiger partial charge on any atom is 0.416 e. The van der Waals surface area contributed by atoms with Gasteiger partial charge in [-0.15, -0.1) is 0 Å². The van der Waals surface area contributed by atoms with Crippen LogP contribution >= 0.6 is 0 Å². The van der Waals surface area contributed by atoms with Crippen molar-refractivity contribution in [2.75, 3.05) is 0 Å². The molecular weight excluding hydrogens is 269 g/mol. The lowest BCUT2D eigenvalue weighted by Gasteiger charge is -2.35. The van der Waals surface area contributed by atoms with Crippen LogP contribution in [-0.2, 0) is 11.6 Å². The minimum absolute atomic E-state index is 0.187. The van der Waals surface area contributed by atoms with Crippen molar-refractivity contribution in [3.05, 3.63) is 29.7 Å². The smallest absolute Gasteiger partial charge is 0.416 e. The molecule has 2 rings (SSSR count). The molecule has 0 spiro atoms. The number of rotatable bonds is 2. The van der Waals surface area contributed by atoms with Crippen molar-refractivity contribution in [2.24, 2.45) is 5.73 Å². The molecule has 20 heavy (non-hydrogen) atoms. The average molecular weight is 286 g/mol. The molecule has 1 heterocycles. The quantitative estimate of drug-likeness (QED) is 0.912. The van der Waals surface area contributed by atoms with Crippen LogP contribution in [0.15, 0.2) is 22.6 Å². The van der Waals surface area contributed by atoms with E-state index in [1.807, 2.05) is 27.7 Å². The van der Waals surface area contributed by atoms with Gasteiger partial charge in [-0.2, -0.15) is 13.2 Å². The van der Waals surface area contributed by atoms with Gasteiger partial charge in [0, 0.05) is 5.54 Å². The molecule has 0 amide bonds. The minimum Gasteiger partial charge on any atom is -0.440 e. The lowest BCUT2D eigenvalue weighted by atomic mass is 9.75. The Bertz CT molecular complexity index is 636. The topological polar surface area (TPSA) is 52.0 Å². The second-order valence-corrected chi connectivity index (χ2v) is 6.05. The molecule has 6 heteroatoms. The number of hydrogen-bond acceptors (Lipinski definition) is 3. The van der Waals surface area contributed by atoms with Gasteiger partial charge in [-0.05, 0) is 45.9 Å². The van der Waals surface area contributed by atoms with Crippen molar-refractivity contribution in [1.29, 1.82) is 0 Å². The van der Waals surface area contributed by atoms with E-state index in [1.54, 1.807) is 0 Å². The Labute approximate surface area is 115 Å². The van der Waals surface area contributed by atoms with Crippen LogP contribution in [0.2, 0.25) is 0 Å². The molecule has 0 aliphatic rings. The zero-order valence-corrected chi connectivity index (χ0v) is 11.8. The van der Waals surface area contributed by atoms with Crippen molar-refractivity contribution in [2.45, 2.75) is 44.8 Å². The summed E-state index contributed by atoms with van der Waals surface area (Å²) in [6.07, 6.45) is -4.39. The third-order valence-corrected chi connectivity index (χ3v) is 3.86. The number of alkyl halides is 3. The molecule has 0 bridgehead atoms. The fourth-order valence-electron chi connectivity index (χ4n) is 1.65. The second kappa shape index (κ2) is 4.22. The lowest BCUT2D eigenvalue weighted by molar-refractivity contribution is -0.137. The van der Waals surface area contributed by atoms with E-state index >= 15 is 0 Å². The summed E-state index contributed by atoms with van der Waals surface area (Å²) in [4.78, 5) is 4.18. The summed E-state index contributed by atoms with van der Waals surface area (Å²) in [7, 11) is 0. The van der Waals surface area contributed by atoms with Gasteiger partial charge in [-0.3, -0.25) is 0 Å². The predicted molar refractivity (Wildman–Crippen MR) is 70.3 cm³/mol. The van der Waals surface area contributed by atoms with E-state index in [-0.39, 0.29) is 5.52 Å². The van der Waals surface area contributed by atoms with Gasteiger partial charge in [0.1, 0.15) is 5.52 Å². The van der Waals surface area contributed by atoms with E-state index in [9.17, 15) is 13.2 Å². The number of benzene rings is 1. The Morgan fingerprint density at radius 2 is 1.70 bits per heavy atom. The maximum absolute atomic E-state index is 12.7. The lowest BCUT2D eigenvalue weighted by Crippen LogP contribution is -2.50. The number of aromatic nitrogens is 1. The van der Waals surface area contributed by atoms with Crippen LogP contribution in [0.1, 0.15) is 39.1 Å². The highest BCUT2D eigenvalue weighted by Crippen LogP contribution is 2.36. The first-order valence-corrected chi connectivity index (χ1v) is 6.20. The van der Waals surface area contributed by atoms with Crippen molar-refractivity contribution in [3.63, 3.8) is 0 Å². The molecule has 2 N–H and O–H groups in total. The Morgan fingerprint density at radius 3 is 2.20 bits per heavy atom. The SMILES string of the molecule is CC(C)(N)C(C)(C)c1nc2cc(C(F)(F)F)ccc2o1. The summed E-state index contributed by atoms with van der Waals surface area (Å²) in [5.41, 5.74) is 4.63. The van der Waals surface area contributed by atoms with E-state index in [4.69, 9.17) is 10.2 Å². The summed E-state index contributed by atoms with van der Waals surface area (Å²) < 4.78 is 43.6. The number of hydrogen-bond donors (Lipinski definition) is 1. The molecular formula is C14H17F3N2O. The highest BCUT2D eigenvalue weighted by molar-refractivity contribution is 5.73. The average Bonchev–Trinajstić information content (AvgIpc) is 2.68. The van der Waals surface area contributed by atoms with Crippen molar-refractivity contribution in [1.82, 2.24) is 4.98 Å². The van der Waals surface area contributed by atoms with E-state index in [0.717, 1.165) is 12.1 Å². The van der Waals surface area contributed by atoms with Gasteiger partial charge in [0.25, 0.3) is 0 Å². The Balaban J connectivity index is 2.55. The molecule has 0 aliphatic heterocycles. The van der Waals surface area contributed by atoms with Gasteiger partial charge in [-0.1, -0.05) is 0 Å². The van der Waals surface area contributed by atoms with Crippen molar-refractivity contribution < 1.29 is 17.6 Å². The van der Waals surface area contributed by atoms with E-state index in [0.29, 0.717) is 11.5 Å². The summed E-state index contributed by atoms with van der Waals surface area (Å²) in [6.45, 7) is 7.34. The van der Waals surface area contributed by atoms with Gasteiger partial charge >= 0.3 is 6.18 Å². The number of oxazole rings is 1. The van der Waals surface area contributed by atoms with E-state index in [1.165, 1.54) is 6.07 Å². The molecule has 0 saturated carbocycles. The number of nitrogens with zero attached hydrogens (tertiary/aromatic N) is 1. The fourth-order valence-corrected chi connectivity index (χ4v) is 1.65. The molecule has 1 aromatic carbocycles. The largest absolute Gasteiger partial charge is 0.440 e. The third kappa shape index (κ3) is 2.40. The highest BCUT2D eigenvalue weighted by Gasteiger charge is 2.40. The summed E-state index contributed by atoms with van der Waals surface area (Å²) in [5, 5.41) is 0. The Hall–Kier alpha value is -1.56. The maximum atomic E-state index is 12.7. The highest BCUT2D eigenvalue weighted by atomic mass is 19.4. The first-order chi connectivity index (χ1) is 8.93. The molecule has 0 aliphatic carbocycles. The molecule has 0 saturated heterocycles. The zero-order valence-electron chi connectivity index (χ0n) is 11.8. The van der Waals surface area contributed by atoms with E-state index < -0.39 is 22.7 Å².